The van der Waals surface area contributed by atoms with Gasteiger partial charge in [0.1, 0.15) is 0 Å². The maximum absolute atomic E-state index is 10.5. The van der Waals surface area contributed by atoms with Crippen LogP contribution in [0.15, 0.2) is 22.7 Å². The third-order valence-corrected chi connectivity index (χ3v) is 3.11. The van der Waals surface area contributed by atoms with E-state index in [1.807, 2.05) is 0 Å². The zero-order valence-corrected chi connectivity index (χ0v) is 10.1. The molecule has 17 heavy (non-hydrogen) atoms. The summed E-state index contributed by atoms with van der Waals surface area (Å²) in [6, 6.07) is 3.58. The highest BCUT2D eigenvalue weighted by Crippen LogP contribution is 2.10. The Morgan fingerprint density at radius 3 is 3.00 bits per heavy atom. The molecule has 92 valence electrons. The van der Waals surface area contributed by atoms with Crippen LogP contribution < -0.4 is 4.57 Å². The van der Waals surface area contributed by atoms with Gasteiger partial charge < -0.3 is 8.97 Å². The van der Waals surface area contributed by atoms with E-state index in [1.54, 1.807) is 29.8 Å². The summed E-state index contributed by atoms with van der Waals surface area (Å²) in [5.41, 5.74) is 1.31. The van der Waals surface area contributed by atoms with Crippen LogP contribution in [0.3, 0.4) is 0 Å². The topological polar surface area (TPSA) is 87.1 Å². The van der Waals surface area contributed by atoms with Gasteiger partial charge in [-0.25, -0.2) is 13.0 Å². The van der Waals surface area contributed by atoms with Crippen LogP contribution in [0, 0.1) is 6.92 Å². The van der Waals surface area contributed by atoms with E-state index >= 15 is 0 Å². The number of oxazole rings is 1. The monoisotopic (exact) mass is 256 g/mol. The van der Waals surface area contributed by atoms with Gasteiger partial charge in [0.25, 0.3) is 0 Å². The fourth-order valence-electron chi connectivity index (χ4n) is 1.64. The number of pyridine rings is 1. The summed E-state index contributed by atoms with van der Waals surface area (Å²) in [7, 11) is -4.15. The van der Waals surface area contributed by atoms with Gasteiger partial charge in [0.2, 0.25) is 5.58 Å². The van der Waals surface area contributed by atoms with E-state index in [0.717, 1.165) is 0 Å². The molecule has 0 radical (unpaired) electrons. The molecule has 0 saturated carbocycles. The molecular weight excluding hydrogens is 244 g/mol. The lowest BCUT2D eigenvalue weighted by molar-refractivity contribution is -0.673. The molecule has 0 aromatic carbocycles. The smallest absolute Gasteiger partial charge is 0.370 e. The van der Waals surface area contributed by atoms with Crippen LogP contribution in [-0.2, 0) is 16.7 Å². The maximum atomic E-state index is 10.5. The predicted molar refractivity (Wildman–Crippen MR) is 58.1 cm³/mol. The van der Waals surface area contributed by atoms with Gasteiger partial charge in [0, 0.05) is 12.7 Å². The molecule has 0 unspecified atom stereocenters. The summed E-state index contributed by atoms with van der Waals surface area (Å²) in [4.78, 5) is 4.20. The Labute approximate surface area is 98.6 Å². The Morgan fingerprint density at radius 1 is 1.53 bits per heavy atom. The molecule has 2 aromatic heterocycles. The van der Waals surface area contributed by atoms with Crippen molar-refractivity contribution < 1.29 is 22.0 Å². The minimum Gasteiger partial charge on any atom is -0.748 e. The van der Waals surface area contributed by atoms with Crippen molar-refractivity contribution in [1.29, 1.82) is 0 Å². The minimum atomic E-state index is -4.15. The summed E-state index contributed by atoms with van der Waals surface area (Å²) >= 11 is 0. The molecule has 0 atom stereocenters. The van der Waals surface area contributed by atoms with Crippen molar-refractivity contribution in [3.63, 3.8) is 0 Å². The van der Waals surface area contributed by atoms with E-state index in [0.29, 0.717) is 23.7 Å². The van der Waals surface area contributed by atoms with E-state index in [2.05, 4.69) is 4.98 Å². The summed E-state index contributed by atoms with van der Waals surface area (Å²) < 4.78 is 38.6. The molecule has 2 rings (SSSR count). The van der Waals surface area contributed by atoms with Crippen LogP contribution in [0.4, 0.5) is 0 Å². The van der Waals surface area contributed by atoms with Gasteiger partial charge in [0.05, 0.1) is 22.9 Å². The van der Waals surface area contributed by atoms with E-state index in [4.69, 9.17) is 4.42 Å². The predicted octanol–water partition coefficient (Wildman–Crippen LogP) is 0.359. The molecule has 0 saturated heterocycles. The van der Waals surface area contributed by atoms with Crippen molar-refractivity contribution in [1.82, 2.24) is 4.98 Å². The number of hydrogen-bond donors (Lipinski definition) is 0. The van der Waals surface area contributed by atoms with Crippen LogP contribution >= 0.6 is 0 Å². The van der Waals surface area contributed by atoms with E-state index in [9.17, 15) is 13.0 Å². The summed E-state index contributed by atoms with van der Waals surface area (Å²) in [5.74, 6) is 0.184. The highest BCUT2D eigenvalue weighted by Gasteiger charge is 2.15. The lowest BCUT2D eigenvalue weighted by Gasteiger charge is -2.05. The summed E-state index contributed by atoms with van der Waals surface area (Å²) in [6.45, 7) is 2.16. The third-order valence-electron chi connectivity index (χ3n) is 2.32. The Hall–Kier alpha value is -1.47. The van der Waals surface area contributed by atoms with Crippen LogP contribution in [0.1, 0.15) is 12.3 Å². The van der Waals surface area contributed by atoms with Crippen molar-refractivity contribution in [3.8, 4) is 0 Å². The molecule has 0 amide bonds. The van der Waals surface area contributed by atoms with E-state index in [1.165, 1.54) is 0 Å². The third kappa shape index (κ3) is 3.01. The normalized spacial score (nSPS) is 12.1. The Kier molecular flexibility index (Phi) is 3.12. The first-order valence-corrected chi connectivity index (χ1v) is 6.72. The number of fused-ring (bicyclic) bond motifs is 1. The molecule has 0 fully saturated rings. The zero-order valence-electron chi connectivity index (χ0n) is 9.29. The van der Waals surface area contributed by atoms with E-state index < -0.39 is 10.1 Å². The number of aromatic nitrogens is 2. The quantitative estimate of drug-likeness (QED) is 0.582. The second-order valence-electron chi connectivity index (χ2n) is 3.74. The lowest BCUT2D eigenvalue weighted by atomic mass is 10.4. The largest absolute Gasteiger partial charge is 0.748 e. The van der Waals surface area contributed by atoms with Gasteiger partial charge >= 0.3 is 11.5 Å². The molecule has 0 spiro atoms. The second kappa shape index (κ2) is 4.42. The van der Waals surface area contributed by atoms with Gasteiger partial charge in [-0.05, 0) is 23.5 Å². The van der Waals surface area contributed by atoms with Crippen molar-refractivity contribution in [2.75, 3.05) is 5.75 Å². The average Bonchev–Trinajstić information content (AvgIpc) is 2.57. The molecular formula is C10H12N2O4S. The number of nitrogens with zero attached hydrogens (tertiary/aromatic N) is 2. The van der Waals surface area contributed by atoms with Crippen LogP contribution in [0.25, 0.3) is 11.2 Å². The van der Waals surface area contributed by atoms with E-state index in [-0.39, 0.29) is 12.2 Å². The molecule has 0 N–H and O–H groups in total. The van der Waals surface area contributed by atoms with Crippen molar-refractivity contribution >= 4 is 21.3 Å². The maximum Gasteiger partial charge on any atom is 0.370 e. The molecule has 0 aliphatic carbocycles. The highest BCUT2D eigenvalue weighted by molar-refractivity contribution is 7.85. The Balaban J connectivity index is 2.18. The fraction of sp³-hybridized carbons (Fsp3) is 0.400. The zero-order chi connectivity index (χ0) is 12.5. The van der Waals surface area contributed by atoms with Gasteiger partial charge in [-0.15, -0.1) is 0 Å². The average molecular weight is 256 g/mol. The molecule has 6 nitrogen and oxygen atoms in total. The lowest BCUT2D eigenvalue weighted by Crippen LogP contribution is -2.35. The SMILES string of the molecule is Cc1nc2c(ccc[n+]2CCCS(=O)(=O)[O-])o1. The summed E-state index contributed by atoms with van der Waals surface area (Å²) in [5, 5.41) is 0. The number of rotatable bonds is 4. The highest BCUT2D eigenvalue weighted by atomic mass is 32.2. The first kappa shape index (κ1) is 12.0. The second-order valence-corrected chi connectivity index (χ2v) is 5.26. The number of hydrogen-bond acceptors (Lipinski definition) is 5. The summed E-state index contributed by atoms with van der Waals surface area (Å²) in [6.07, 6.45) is 2.04. The van der Waals surface area contributed by atoms with Crippen LogP contribution in [0.5, 0.6) is 0 Å². The van der Waals surface area contributed by atoms with Gasteiger partial charge in [-0.1, -0.05) is 0 Å². The van der Waals surface area contributed by atoms with Crippen LogP contribution in [-0.4, -0.2) is 23.7 Å². The van der Waals surface area contributed by atoms with Crippen molar-refractivity contribution in [3.05, 3.63) is 24.2 Å². The Morgan fingerprint density at radius 2 is 2.29 bits per heavy atom. The first-order valence-electron chi connectivity index (χ1n) is 5.15. The molecule has 2 heterocycles. The Bertz CT molecular complexity index is 633. The number of aryl methyl sites for hydroxylation is 2. The molecule has 0 aliphatic rings. The van der Waals surface area contributed by atoms with Crippen molar-refractivity contribution in [2.24, 2.45) is 0 Å². The van der Waals surface area contributed by atoms with Crippen LogP contribution in [0.2, 0.25) is 0 Å². The molecule has 0 bridgehead atoms. The standard InChI is InChI=1S/C10H12N2O4S/c1-8-11-10-9(16-8)4-2-5-12(10)6-3-7-17(13,14)15/h2,4-5H,3,6-7H2,1H3. The minimum absolute atomic E-state index is 0.265. The van der Waals surface area contributed by atoms with Gasteiger partial charge in [0.15, 0.2) is 0 Å². The fourth-order valence-corrected chi connectivity index (χ4v) is 2.13. The molecule has 0 aliphatic heterocycles. The van der Waals surface area contributed by atoms with Gasteiger partial charge in [-0.3, -0.25) is 0 Å². The van der Waals surface area contributed by atoms with Gasteiger partial charge in [-0.2, -0.15) is 0 Å². The molecule has 7 heteroatoms. The first-order chi connectivity index (χ1) is 7.96. The van der Waals surface area contributed by atoms with Crippen molar-refractivity contribution in [2.45, 2.75) is 19.9 Å². The molecule has 2 aromatic rings.